The summed E-state index contributed by atoms with van der Waals surface area (Å²) in [6, 6.07) is 0. The van der Waals surface area contributed by atoms with Gasteiger partial charge in [-0.3, -0.25) is 5.32 Å². The van der Waals surface area contributed by atoms with Gasteiger partial charge in [-0.25, -0.2) is 0 Å². The monoisotopic (exact) mass is 157 g/mol. The topological polar surface area (TPSA) is 21.3 Å². The lowest BCUT2D eigenvalue weighted by Crippen LogP contribution is -2.31. The third kappa shape index (κ3) is 2.80. The molecule has 0 aliphatic carbocycles. The highest BCUT2D eigenvalue weighted by Crippen LogP contribution is 2.20. The van der Waals surface area contributed by atoms with Gasteiger partial charge in [-0.2, -0.15) is 0 Å². The summed E-state index contributed by atoms with van der Waals surface area (Å²) in [5.74, 6) is 1.59. The molecule has 1 fully saturated rings. The van der Waals surface area contributed by atoms with Crippen molar-refractivity contribution >= 4 is 0 Å². The van der Waals surface area contributed by atoms with Crippen molar-refractivity contribution in [3.8, 4) is 0 Å². The molecular formula is C9H19NO. The van der Waals surface area contributed by atoms with E-state index in [1.54, 1.807) is 7.11 Å². The Morgan fingerprint density at radius 2 is 1.91 bits per heavy atom. The third-order valence-electron chi connectivity index (χ3n) is 2.40. The van der Waals surface area contributed by atoms with Crippen LogP contribution in [0.1, 0.15) is 26.7 Å². The molecule has 66 valence electrons. The van der Waals surface area contributed by atoms with Crippen LogP contribution in [-0.2, 0) is 4.74 Å². The van der Waals surface area contributed by atoms with Gasteiger partial charge in [0.05, 0.1) is 0 Å². The molecule has 2 heteroatoms. The Morgan fingerprint density at radius 1 is 1.18 bits per heavy atom. The van der Waals surface area contributed by atoms with Gasteiger partial charge in [0, 0.05) is 13.7 Å². The van der Waals surface area contributed by atoms with Gasteiger partial charge in [0.2, 0.25) is 0 Å². The van der Waals surface area contributed by atoms with Crippen LogP contribution in [0.3, 0.4) is 0 Å². The largest absolute Gasteiger partial charge is 0.367 e. The standard InChI is InChI=1S/C9H19NO/c1-7-4-8(2)6-10-9(5-7)11-3/h7-10H,4-6H2,1-3H3. The maximum absolute atomic E-state index is 5.28. The van der Waals surface area contributed by atoms with Gasteiger partial charge < -0.3 is 4.74 Å². The van der Waals surface area contributed by atoms with E-state index in [4.69, 9.17) is 4.74 Å². The molecule has 0 aromatic carbocycles. The average Bonchev–Trinajstić information content (AvgIpc) is 2.11. The second-order valence-corrected chi connectivity index (χ2v) is 3.81. The summed E-state index contributed by atoms with van der Waals surface area (Å²) in [6.07, 6.45) is 2.77. The van der Waals surface area contributed by atoms with Crippen LogP contribution < -0.4 is 5.32 Å². The molecule has 0 spiro atoms. The van der Waals surface area contributed by atoms with Crippen molar-refractivity contribution in [2.45, 2.75) is 32.9 Å². The average molecular weight is 157 g/mol. The minimum absolute atomic E-state index is 0.287. The first kappa shape index (κ1) is 9.01. The fraction of sp³-hybridized carbons (Fsp3) is 1.00. The van der Waals surface area contributed by atoms with Gasteiger partial charge >= 0.3 is 0 Å². The Hall–Kier alpha value is -0.0800. The number of hydrogen-bond donors (Lipinski definition) is 1. The van der Waals surface area contributed by atoms with E-state index in [9.17, 15) is 0 Å². The third-order valence-corrected chi connectivity index (χ3v) is 2.40. The Balaban J connectivity index is 2.39. The van der Waals surface area contributed by atoms with Gasteiger partial charge in [-0.1, -0.05) is 13.8 Å². The van der Waals surface area contributed by atoms with Gasteiger partial charge in [-0.15, -0.1) is 0 Å². The molecule has 2 nitrogen and oxygen atoms in total. The zero-order valence-corrected chi connectivity index (χ0v) is 7.76. The first-order chi connectivity index (χ1) is 5.22. The molecular weight excluding hydrogens is 138 g/mol. The van der Waals surface area contributed by atoms with Crippen LogP contribution in [0.15, 0.2) is 0 Å². The fourth-order valence-electron chi connectivity index (χ4n) is 1.83. The maximum Gasteiger partial charge on any atom is 0.107 e. The second kappa shape index (κ2) is 4.07. The number of methoxy groups -OCH3 is 1. The van der Waals surface area contributed by atoms with E-state index in [0.717, 1.165) is 24.8 Å². The van der Waals surface area contributed by atoms with Crippen LogP contribution in [0.25, 0.3) is 0 Å². The highest BCUT2D eigenvalue weighted by Gasteiger charge is 2.19. The minimum atomic E-state index is 0.287. The summed E-state index contributed by atoms with van der Waals surface area (Å²) < 4.78 is 5.28. The van der Waals surface area contributed by atoms with Crippen molar-refractivity contribution < 1.29 is 4.74 Å². The molecule has 11 heavy (non-hydrogen) atoms. The second-order valence-electron chi connectivity index (χ2n) is 3.81. The minimum Gasteiger partial charge on any atom is -0.367 e. The molecule has 1 rings (SSSR count). The number of hydrogen-bond acceptors (Lipinski definition) is 2. The van der Waals surface area contributed by atoms with Crippen molar-refractivity contribution in [2.75, 3.05) is 13.7 Å². The molecule has 0 aromatic heterocycles. The zero-order chi connectivity index (χ0) is 8.27. The molecule has 1 aliphatic rings. The zero-order valence-electron chi connectivity index (χ0n) is 7.76. The molecule has 1 aliphatic heterocycles. The number of ether oxygens (including phenoxy) is 1. The van der Waals surface area contributed by atoms with E-state index >= 15 is 0 Å². The van der Waals surface area contributed by atoms with Crippen LogP contribution in [0.5, 0.6) is 0 Å². The molecule has 0 amide bonds. The van der Waals surface area contributed by atoms with Crippen LogP contribution in [-0.4, -0.2) is 19.9 Å². The van der Waals surface area contributed by atoms with E-state index < -0.39 is 0 Å². The lowest BCUT2D eigenvalue weighted by atomic mass is 9.96. The SMILES string of the molecule is COC1CC(C)CC(C)CN1. The Labute approximate surface area is 69.3 Å². The maximum atomic E-state index is 5.28. The van der Waals surface area contributed by atoms with Crippen LogP contribution in [0.2, 0.25) is 0 Å². The Morgan fingerprint density at radius 3 is 2.55 bits per heavy atom. The van der Waals surface area contributed by atoms with E-state index in [-0.39, 0.29) is 6.23 Å². The predicted molar refractivity (Wildman–Crippen MR) is 46.4 cm³/mol. The van der Waals surface area contributed by atoms with Crippen molar-refractivity contribution in [3.05, 3.63) is 0 Å². The lowest BCUT2D eigenvalue weighted by molar-refractivity contribution is 0.0624. The molecule has 1 N–H and O–H groups in total. The molecule has 0 saturated carbocycles. The van der Waals surface area contributed by atoms with Crippen molar-refractivity contribution in [2.24, 2.45) is 11.8 Å². The van der Waals surface area contributed by atoms with Crippen molar-refractivity contribution in [1.29, 1.82) is 0 Å². The molecule has 1 saturated heterocycles. The van der Waals surface area contributed by atoms with Crippen LogP contribution in [0, 0.1) is 11.8 Å². The first-order valence-corrected chi connectivity index (χ1v) is 4.48. The van der Waals surface area contributed by atoms with E-state index in [1.165, 1.54) is 6.42 Å². The van der Waals surface area contributed by atoms with Crippen LogP contribution >= 0.6 is 0 Å². The van der Waals surface area contributed by atoms with E-state index in [1.807, 2.05) is 0 Å². The van der Waals surface area contributed by atoms with E-state index in [2.05, 4.69) is 19.2 Å². The highest BCUT2D eigenvalue weighted by atomic mass is 16.5. The van der Waals surface area contributed by atoms with Crippen molar-refractivity contribution in [1.82, 2.24) is 5.32 Å². The van der Waals surface area contributed by atoms with Crippen LogP contribution in [0.4, 0.5) is 0 Å². The summed E-state index contributed by atoms with van der Waals surface area (Å²) in [6.45, 7) is 5.69. The smallest absolute Gasteiger partial charge is 0.107 e. The normalized spacial score (nSPS) is 40.1. The van der Waals surface area contributed by atoms with Gasteiger partial charge in [0.15, 0.2) is 0 Å². The fourth-order valence-corrected chi connectivity index (χ4v) is 1.83. The Kier molecular flexibility index (Phi) is 3.34. The van der Waals surface area contributed by atoms with Gasteiger partial charge in [0.1, 0.15) is 6.23 Å². The molecule has 1 heterocycles. The molecule has 0 aromatic rings. The Bertz CT molecular complexity index is 116. The van der Waals surface area contributed by atoms with Crippen molar-refractivity contribution in [3.63, 3.8) is 0 Å². The number of nitrogens with one attached hydrogen (secondary N) is 1. The summed E-state index contributed by atoms with van der Waals surface area (Å²) in [5, 5.41) is 3.39. The van der Waals surface area contributed by atoms with E-state index in [0.29, 0.717) is 0 Å². The quantitative estimate of drug-likeness (QED) is 0.624. The summed E-state index contributed by atoms with van der Waals surface area (Å²) in [4.78, 5) is 0. The number of rotatable bonds is 1. The lowest BCUT2D eigenvalue weighted by Gasteiger charge is -2.15. The molecule has 0 bridgehead atoms. The highest BCUT2D eigenvalue weighted by molar-refractivity contribution is 4.71. The van der Waals surface area contributed by atoms with Gasteiger partial charge in [-0.05, 0) is 24.7 Å². The summed E-state index contributed by atoms with van der Waals surface area (Å²) >= 11 is 0. The first-order valence-electron chi connectivity index (χ1n) is 4.48. The molecule has 3 unspecified atom stereocenters. The molecule has 3 atom stereocenters. The van der Waals surface area contributed by atoms with Gasteiger partial charge in [0.25, 0.3) is 0 Å². The molecule has 0 radical (unpaired) electrons. The predicted octanol–water partition coefficient (Wildman–Crippen LogP) is 1.61. The summed E-state index contributed by atoms with van der Waals surface area (Å²) in [5.41, 5.74) is 0. The summed E-state index contributed by atoms with van der Waals surface area (Å²) in [7, 11) is 1.78.